The molecule has 1 aliphatic rings. The summed E-state index contributed by atoms with van der Waals surface area (Å²) in [6.45, 7) is 3.86. The predicted octanol–water partition coefficient (Wildman–Crippen LogP) is 4.52. The van der Waals surface area contributed by atoms with E-state index >= 15 is 0 Å². The molecular weight excluding hydrogens is 601 g/mol. The van der Waals surface area contributed by atoms with Crippen molar-refractivity contribution < 1.29 is 23.8 Å². The Morgan fingerprint density at radius 3 is 2.55 bits per heavy atom. The second kappa shape index (κ2) is 15.3. The van der Waals surface area contributed by atoms with Crippen LogP contribution in [0.5, 0.6) is 17.2 Å². The van der Waals surface area contributed by atoms with E-state index in [0.717, 1.165) is 33.1 Å². The van der Waals surface area contributed by atoms with Crippen LogP contribution < -0.4 is 35.6 Å². The number of anilines is 1. The number of ether oxygens (including phenoxy) is 3. The molecular formula is C32H40N4O6S2. The number of carbonyl (C=O) groups is 2. The summed E-state index contributed by atoms with van der Waals surface area (Å²) in [7, 11) is 4.68. The highest BCUT2D eigenvalue weighted by Gasteiger charge is 2.30. The van der Waals surface area contributed by atoms with Crippen molar-refractivity contribution in [3.05, 3.63) is 61.7 Å². The lowest BCUT2D eigenvalue weighted by Gasteiger charge is -2.19. The van der Waals surface area contributed by atoms with E-state index in [1.54, 1.807) is 56.6 Å². The van der Waals surface area contributed by atoms with Crippen LogP contribution >= 0.6 is 23.1 Å². The lowest BCUT2D eigenvalue weighted by Crippen LogP contribution is -2.41. The Morgan fingerprint density at radius 1 is 1.14 bits per heavy atom. The van der Waals surface area contributed by atoms with Crippen LogP contribution in [0.3, 0.4) is 0 Å². The van der Waals surface area contributed by atoms with Crippen molar-refractivity contribution in [2.24, 2.45) is 0 Å². The van der Waals surface area contributed by atoms with Crippen molar-refractivity contribution in [1.29, 1.82) is 0 Å². The first-order valence-electron chi connectivity index (χ1n) is 14.4. The number of thioether (sulfide) groups is 1. The van der Waals surface area contributed by atoms with Crippen LogP contribution in [0.15, 0.2) is 34.4 Å². The number of benzene rings is 1. The number of aromatic nitrogens is 1. The SMILES string of the molecule is COc1cc2c(c(OC)c1OC)-c1ccc(NC(CCSC)C(=O)NCCc3nc(C)cs3)c(=O)cc1C(NC(C)=O)CC2. The first-order chi connectivity index (χ1) is 21.2. The summed E-state index contributed by atoms with van der Waals surface area (Å²) in [4.78, 5) is 43.8. The van der Waals surface area contributed by atoms with Gasteiger partial charge in [0, 0.05) is 36.5 Å². The van der Waals surface area contributed by atoms with Crippen LogP contribution in [0, 0.1) is 6.92 Å². The normalized spacial score (nSPS) is 14.4. The molecule has 1 aliphatic carbocycles. The zero-order valence-corrected chi connectivity index (χ0v) is 27.6. The van der Waals surface area contributed by atoms with E-state index in [-0.39, 0.29) is 22.9 Å². The molecule has 0 saturated heterocycles. The Bertz CT molecular complexity index is 1560. The average molecular weight is 641 g/mol. The number of methoxy groups -OCH3 is 3. The monoisotopic (exact) mass is 640 g/mol. The molecule has 1 heterocycles. The smallest absolute Gasteiger partial charge is 0.242 e. The summed E-state index contributed by atoms with van der Waals surface area (Å²) in [6.07, 6.45) is 4.31. The number of hydrogen-bond acceptors (Lipinski definition) is 10. The minimum Gasteiger partial charge on any atom is -0.493 e. The maximum Gasteiger partial charge on any atom is 0.242 e. The van der Waals surface area contributed by atoms with E-state index in [4.69, 9.17) is 14.2 Å². The van der Waals surface area contributed by atoms with Gasteiger partial charge in [-0.1, -0.05) is 6.07 Å². The summed E-state index contributed by atoms with van der Waals surface area (Å²) in [6, 6.07) is 5.98. The molecule has 3 aromatic rings. The zero-order chi connectivity index (χ0) is 31.8. The van der Waals surface area contributed by atoms with Crippen molar-refractivity contribution in [3.63, 3.8) is 0 Å². The second-order valence-corrected chi connectivity index (χ2v) is 12.4. The van der Waals surface area contributed by atoms with Gasteiger partial charge in [0.1, 0.15) is 6.04 Å². The third-order valence-electron chi connectivity index (χ3n) is 7.48. The highest BCUT2D eigenvalue weighted by molar-refractivity contribution is 7.98. The first-order valence-corrected chi connectivity index (χ1v) is 16.7. The number of nitrogens with one attached hydrogen (secondary N) is 3. The van der Waals surface area contributed by atoms with Crippen molar-refractivity contribution in [3.8, 4) is 28.4 Å². The Labute approximate surface area is 266 Å². The number of carbonyl (C=O) groups excluding carboxylic acids is 2. The molecule has 2 aromatic carbocycles. The standard InChI is InChI=1S/C32H40N4O6S2/c1-18-17-44-28(34-18)11-13-33-32(39)25(12-14-43-6)36-24-10-8-21-22(16-26(24)38)23(35-19(2)37)9-7-20-15-27(40-3)30(41-4)31(42-5)29(20)21/h8,10,15-17,23,25H,7,9,11-14H2,1-6H3,(H,33,39)(H,35,37)(H,36,38). The van der Waals surface area contributed by atoms with Gasteiger partial charge in [-0.05, 0) is 73.1 Å². The van der Waals surface area contributed by atoms with Crippen molar-refractivity contribution in [2.75, 3.05) is 45.2 Å². The maximum absolute atomic E-state index is 13.8. The van der Waals surface area contributed by atoms with Crippen LogP contribution in [0.1, 0.15) is 47.6 Å². The number of nitrogens with zero attached hydrogens (tertiary/aromatic N) is 1. The quantitative estimate of drug-likeness (QED) is 0.247. The number of rotatable bonds is 13. The predicted molar refractivity (Wildman–Crippen MR) is 177 cm³/mol. The minimum absolute atomic E-state index is 0.181. The Hall–Kier alpha value is -3.77. The van der Waals surface area contributed by atoms with Crippen LogP contribution in [0.4, 0.5) is 5.69 Å². The van der Waals surface area contributed by atoms with E-state index in [9.17, 15) is 14.4 Å². The van der Waals surface area contributed by atoms with Gasteiger partial charge in [0.2, 0.25) is 23.0 Å². The van der Waals surface area contributed by atoms with Crippen LogP contribution in [0.2, 0.25) is 0 Å². The van der Waals surface area contributed by atoms with Crippen molar-refractivity contribution >= 4 is 40.6 Å². The summed E-state index contributed by atoms with van der Waals surface area (Å²) in [5, 5.41) is 12.2. The largest absolute Gasteiger partial charge is 0.493 e. The van der Waals surface area contributed by atoms with Gasteiger partial charge in [0.05, 0.1) is 38.1 Å². The lowest BCUT2D eigenvalue weighted by atomic mass is 9.95. The zero-order valence-electron chi connectivity index (χ0n) is 26.0. The third-order valence-corrected chi connectivity index (χ3v) is 9.15. The van der Waals surface area contributed by atoms with E-state index < -0.39 is 12.1 Å². The number of fused-ring (bicyclic) bond motifs is 3. The van der Waals surface area contributed by atoms with Crippen LogP contribution in [0.25, 0.3) is 11.1 Å². The minimum atomic E-state index is -0.618. The fourth-order valence-electron chi connectivity index (χ4n) is 5.45. The summed E-state index contributed by atoms with van der Waals surface area (Å²) in [5.74, 6) is 1.80. The summed E-state index contributed by atoms with van der Waals surface area (Å²) in [5.41, 5.74) is 4.06. The highest BCUT2D eigenvalue weighted by atomic mass is 32.2. The van der Waals surface area contributed by atoms with E-state index in [2.05, 4.69) is 20.9 Å². The summed E-state index contributed by atoms with van der Waals surface area (Å²) < 4.78 is 17.1. The average Bonchev–Trinajstić information content (AvgIpc) is 3.28. The molecule has 2 atom stereocenters. The molecule has 1 aromatic heterocycles. The van der Waals surface area contributed by atoms with Gasteiger partial charge in [0.15, 0.2) is 11.5 Å². The molecule has 236 valence electrons. The Balaban J connectivity index is 1.75. The fourth-order valence-corrected chi connectivity index (χ4v) is 6.70. The number of amides is 2. The van der Waals surface area contributed by atoms with Gasteiger partial charge in [-0.3, -0.25) is 14.4 Å². The van der Waals surface area contributed by atoms with E-state index in [1.165, 1.54) is 6.92 Å². The number of aryl methyl sites for hydroxylation is 2. The van der Waals surface area contributed by atoms with Gasteiger partial charge in [-0.2, -0.15) is 11.8 Å². The Kier molecular flexibility index (Phi) is 11.5. The molecule has 4 rings (SSSR count). The van der Waals surface area contributed by atoms with Crippen LogP contribution in [-0.4, -0.2) is 62.7 Å². The molecule has 0 bridgehead atoms. The van der Waals surface area contributed by atoms with Crippen molar-refractivity contribution in [2.45, 2.75) is 51.6 Å². The second-order valence-electron chi connectivity index (χ2n) is 10.5. The van der Waals surface area contributed by atoms with Crippen molar-refractivity contribution in [1.82, 2.24) is 15.6 Å². The van der Waals surface area contributed by atoms with Crippen LogP contribution in [-0.2, 0) is 22.4 Å². The molecule has 12 heteroatoms. The maximum atomic E-state index is 13.8. The summed E-state index contributed by atoms with van der Waals surface area (Å²) >= 11 is 3.21. The molecule has 0 aliphatic heterocycles. The molecule has 2 amide bonds. The highest BCUT2D eigenvalue weighted by Crippen LogP contribution is 2.50. The van der Waals surface area contributed by atoms with E-state index in [1.807, 2.05) is 30.7 Å². The molecule has 0 saturated carbocycles. The van der Waals surface area contributed by atoms with Gasteiger partial charge in [0.25, 0.3) is 0 Å². The number of hydrogen-bond donors (Lipinski definition) is 3. The molecule has 10 nitrogen and oxygen atoms in total. The van der Waals surface area contributed by atoms with Gasteiger partial charge >= 0.3 is 0 Å². The van der Waals surface area contributed by atoms with Gasteiger partial charge in [-0.25, -0.2) is 4.98 Å². The van der Waals surface area contributed by atoms with Gasteiger partial charge < -0.3 is 30.2 Å². The van der Waals surface area contributed by atoms with E-state index in [0.29, 0.717) is 55.0 Å². The molecule has 0 spiro atoms. The molecule has 0 radical (unpaired) electrons. The lowest BCUT2D eigenvalue weighted by molar-refractivity contribution is -0.122. The molecule has 2 unspecified atom stereocenters. The fraction of sp³-hybridized carbons (Fsp3) is 0.438. The molecule has 44 heavy (non-hydrogen) atoms. The molecule has 3 N–H and O–H groups in total. The molecule has 0 fully saturated rings. The first kappa shape index (κ1) is 33.1. The van der Waals surface area contributed by atoms with Gasteiger partial charge in [-0.15, -0.1) is 11.3 Å². The third kappa shape index (κ3) is 7.65. The number of thiazole rings is 1. The Morgan fingerprint density at radius 2 is 1.91 bits per heavy atom. The topological polar surface area (TPSA) is 128 Å².